The minimum atomic E-state index is -0.843. The molecule has 0 aromatic rings. The zero-order valence-corrected chi connectivity index (χ0v) is 4.96. The summed E-state index contributed by atoms with van der Waals surface area (Å²) < 4.78 is 0. The molecule has 7 heavy (non-hydrogen) atoms. The van der Waals surface area contributed by atoms with Crippen LogP contribution in [0.25, 0.3) is 0 Å². The highest BCUT2D eigenvalue weighted by Gasteiger charge is 1.96. The summed E-state index contributed by atoms with van der Waals surface area (Å²) in [6, 6.07) is 0. The fourth-order valence-corrected chi connectivity index (χ4v) is 0.365. The SMILES string of the molecule is [CH2]C(=O)NC(Cl)Cl. The molecule has 1 amide bonds. The first kappa shape index (κ1) is 7.05. The van der Waals surface area contributed by atoms with Crippen LogP contribution in [-0.4, -0.2) is 10.9 Å². The van der Waals surface area contributed by atoms with Gasteiger partial charge < -0.3 is 5.32 Å². The van der Waals surface area contributed by atoms with Gasteiger partial charge in [-0.15, -0.1) is 0 Å². The van der Waals surface area contributed by atoms with E-state index in [-0.39, 0.29) is 0 Å². The zero-order chi connectivity index (χ0) is 5.86. The van der Waals surface area contributed by atoms with Gasteiger partial charge in [0.15, 0.2) is 4.96 Å². The van der Waals surface area contributed by atoms with Crippen molar-refractivity contribution in [1.29, 1.82) is 0 Å². The third-order valence-electron chi connectivity index (χ3n) is 0.270. The highest BCUT2D eigenvalue weighted by atomic mass is 35.5. The van der Waals surface area contributed by atoms with Gasteiger partial charge in [-0.3, -0.25) is 4.79 Å². The van der Waals surface area contributed by atoms with Gasteiger partial charge in [-0.05, 0) is 0 Å². The first-order chi connectivity index (χ1) is 3.13. The minimum absolute atomic E-state index is 0.477. The van der Waals surface area contributed by atoms with Gasteiger partial charge in [-0.2, -0.15) is 0 Å². The molecule has 4 heteroatoms. The number of hydrogen-bond donors (Lipinski definition) is 1. The number of nitrogens with one attached hydrogen (secondary N) is 1. The van der Waals surface area contributed by atoms with Gasteiger partial charge >= 0.3 is 0 Å². The Morgan fingerprint density at radius 1 is 1.71 bits per heavy atom. The summed E-state index contributed by atoms with van der Waals surface area (Å²) in [5.41, 5.74) is 0. The second-order valence-corrected chi connectivity index (χ2v) is 1.96. The highest BCUT2D eigenvalue weighted by molar-refractivity contribution is 6.44. The number of carbonyl (C=O) groups is 1. The van der Waals surface area contributed by atoms with E-state index in [2.05, 4.69) is 12.2 Å². The Bertz CT molecular complexity index is 73.3. The molecule has 41 valence electrons. The van der Waals surface area contributed by atoms with Crippen LogP contribution in [0, 0.1) is 6.92 Å². The molecular weight excluding hydrogens is 137 g/mol. The number of halogens is 2. The second-order valence-electron chi connectivity index (χ2n) is 0.868. The lowest BCUT2D eigenvalue weighted by molar-refractivity contribution is -0.116. The molecule has 0 unspecified atom stereocenters. The maximum absolute atomic E-state index is 9.86. The summed E-state index contributed by atoms with van der Waals surface area (Å²) in [6.45, 7) is 2.96. The van der Waals surface area contributed by atoms with Crippen LogP contribution in [0.4, 0.5) is 0 Å². The van der Waals surface area contributed by atoms with Crippen molar-refractivity contribution in [3.8, 4) is 0 Å². The summed E-state index contributed by atoms with van der Waals surface area (Å²) >= 11 is 10.1. The van der Waals surface area contributed by atoms with E-state index in [4.69, 9.17) is 23.2 Å². The van der Waals surface area contributed by atoms with Crippen molar-refractivity contribution in [2.24, 2.45) is 0 Å². The number of rotatable bonds is 1. The Morgan fingerprint density at radius 3 is 2.14 bits per heavy atom. The van der Waals surface area contributed by atoms with E-state index in [1.165, 1.54) is 0 Å². The Kier molecular flexibility index (Phi) is 3.13. The Morgan fingerprint density at radius 2 is 2.14 bits per heavy atom. The highest BCUT2D eigenvalue weighted by Crippen LogP contribution is 1.93. The van der Waals surface area contributed by atoms with Gasteiger partial charge in [-0.25, -0.2) is 0 Å². The minimum Gasteiger partial charge on any atom is -0.327 e. The molecule has 0 saturated heterocycles. The van der Waals surface area contributed by atoms with Crippen LogP contribution < -0.4 is 5.32 Å². The molecule has 0 atom stereocenters. The largest absolute Gasteiger partial charge is 0.327 e. The van der Waals surface area contributed by atoms with Crippen LogP contribution in [0.3, 0.4) is 0 Å². The van der Waals surface area contributed by atoms with Crippen LogP contribution in [0.2, 0.25) is 0 Å². The van der Waals surface area contributed by atoms with Gasteiger partial charge in [-0.1, -0.05) is 23.2 Å². The molecule has 1 radical (unpaired) electrons. The zero-order valence-electron chi connectivity index (χ0n) is 3.45. The van der Waals surface area contributed by atoms with Crippen molar-refractivity contribution in [2.75, 3.05) is 0 Å². The molecule has 0 heterocycles. The van der Waals surface area contributed by atoms with E-state index in [9.17, 15) is 4.79 Å². The molecule has 0 aliphatic rings. The van der Waals surface area contributed by atoms with Gasteiger partial charge in [0.05, 0.1) is 0 Å². The van der Waals surface area contributed by atoms with Crippen molar-refractivity contribution in [2.45, 2.75) is 4.96 Å². The van der Waals surface area contributed by atoms with E-state index >= 15 is 0 Å². The van der Waals surface area contributed by atoms with Crippen LogP contribution in [0.5, 0.6) is 0 Å². The summed E-state index contributed by atoms with van der Waals surface area (Å²) in [7, 11) is 0. The summed E-state index contributed by atoms with van der Waals surface area (Å²) in [4.78, 5) is 9.02. The lowest BCUT2D eigenvalue weighted by atomic mass is 10.7. The average Bonchev–Trinajstić information content (AvgIpc) is 1.27. The topological polar surface area (TPSA) is 29.1 Å². The molecule has 0 aliphatic heterocycles. The second kappa shape index (κ2) is 3.10. The third-order valence-corrected chi connectivity index (χ3v) is 0.488. The fourth-order valence-electron chi connectivity index (χ4n) is 0.122. The van der Waals surface area contributed by atoms with Crippen molar-refractivity contribution in [1.82, 2.24) is 5.32 Å². The van der Waals surface area contributed by atoms with E-state index in [1.54, 1.807) is 0 Å². The van der Waals surface area contributed by atoms with E-state index in [0.717, 1.165) is 0 Å². The molecular formula is C3H4Cl2NO. The van der Waals surface area contributed by atoms with Crippen molar-refractivity contribution in [3.63, 3.8) is 0 Å². The lowest BCUT2D eigenvalue weighted by Gasteiger charge is -1.97. The van der Waals surface area contributed by atoms with Crippen molar-refractivity contribution in [3.05, 3.63) is 6.92 Å². The van der Waals surface area contributed by atoms with E-state index in [1.807, 2.05) is 0 Å². The molecule has 2 nitrogen and oxygen atoms in total. The predicted molar refractivity (Wildman–Crippen MR) is 29.0 cm³/mol. The smallest absolute Gasteiger partial charge is 0.222 e. The van der Waals surface area contributed by atoms with Gasteiger partial charge in [0, 0.05) is 6.92 Å². The summed E-state index contributed by atoms with van der Waals surface area (Å²) in [6.07, 6.45) is 0. The Hall–Kier alpha value is 0.0500. The van der Waals surface area contributed by atoms with Crippen LogP contribution in [0.1, 0.15) is 0 Å². The third kappa shape index (κ3) is 6.05. The lowest BCUT2D eigenvalue weighted by Crippen LogP contribution is -2.23. The fraction of sp³-hybridized carbons (Fsp3) is 0.333. The molecule has 0 spiro atoms. The van der Waals surface area contributed by atoms with Crippen LogP contribution in [0.15, 0.2) is 0 Å². The predicted octanol–water partition coefficient (Wildman–Crippen LogP) is 0.698. The maximum atomic E-state index is 9.86. The molecule has 0 saturated carbocycles. The van der Waals surface area contributed by atoms with Crippen molar-refractivity contribution < 1.29 is 4.79 Å². The Labute approximate surface area is 51.8 Å². The first-order valence-corrected chi connectivity index (χ1v) is 2.41. The maximum Gasteiger partial charge on any atom is 0.222 e. The number of hydrogen-bond acceptors (Lipinski definition) is 1. The molecule has 0 aliphatic carbocycles. The molecule has 0 bridgehead atoms. The standard InChI is InChI=1S/C3H4Cl2NO/c1-2(7)6-3(4)5/h3H,1H2,(H,6,7). The number of carbonyl (C=O) groups excluding carboxylic acids is 1. The number of alkyl halides is 2. The summed E-state index contributed by atoms with van der Waals surface area (Å²) in [5.74, 6) is -0.477. The normalized spacial score (nSPS) is 9.14. The van der Waals surface area contributed by atoms with Crippen molar-refractivity contribution >= 4 is 29.1 Å². The van der Waals surface area contributed by atoms with Crippen LogP contribution >= 0.6 is 23.2 Å². The van der Waals surface area contributed by atoms with Crippen LogP contribution in [-0.2, 0) is 4.79 Å². The monoisotopic (exact) mass is 140 g/mol. The van der Waals surface area contributed by atoms with E-state index in [0.29, 0.717) is 0 Å². The molecule has 0 fully saturated rings. The molecule has 1 N–H and O–H groups in total. The van der Waals surface area contributed by atoms with Gasteiger partial charge in [0.1, 0.15) is 0 Å². The molecule has 0 aromatic heterocycles. The molecule has 0 aromatic carbocycles. The number of amides is 1. The molecule has 0 rings (SSSR count). The first-order valence-electron chi connectivity index (χ1n) is 1.53. The summed E-state index contributed by atoms with van der Waals surface area (Å²) in [5, 5.41) is 2.09. The Balaban J connectivity index is 3.13. The quantitative estimate of drug-likeness (QED) is 0.422. The average molecular weight is 141 g/mol. The van der Waals surface area contributed by atoms with Gasteiger partial charge in [0.25, 0.3) is 0 Å². The van der Waals surface area contributed by atoms with E-state index < -0.39 is 10.9 Å². The van der Waals surface area contributed by atoms with Gasteiger partial charge in [0.2, 0.25) is 5.91 Å².